The molecule has 7 atom stereocenters. The van der Waals surface area contributed by atoms with E-state index in [1.807, 2.05) is 6.92 Å². The van der Waals surface area contributed by atoms with Gasteiger partial charge in [0, 0.05) is 31.6 Å². The molecule has 0 aromatic carbocycles. The van der Waals surface area contributed by atoms with Crippen LogP contribution in [-0.2, 0) is 19.1 Å². The lowest BCUT2D eigenvalue weighted by Crippen LogP contribution is -2.50. The van der Waals surface area contributed by atoms with Gasteiger partial charge in [-0.3, -0.25) is 9.59 Å². The summed E-state index contributed by atoms with van der Waals surface area (Å²) in [5, 5.41) is 0. The van der Waals surface area contributed by atoms with Gasteiger partial charge < -0.3 is 9.47 Å². The third kappa shape index (κ3) is 3.37. The smallest absolute Gasteiger partial charge is 0.303 e. The lowest BCUT2D eigenvalue weighted by atomic mass is 9.60. The lowest BCUT2D eigenvalue weighted by molar-refractivity contribution is -0.180. The molecular formula is C22H34O4. The second kappa shape index (κ2) is 7.10. The Hall–Kier alpha value is -1.16. The number of hydrogen-bond acceptors (Lipinski definition) is 4. The number of esters is 1. The number of Topliss-reactive ketones (excluding diaryl/α,β-unsaturated/α-hetero) is 1. The van der Waals surface area contributed by atoms with Crippen molar-refractivity contribution in [2.45, 2.75) is 84.5 Å². The molecule has 0 aromatic rings. The van der Waals surface area contributed by atoms with Crippen molar-refractivity contribution in [3.8, 4) is 0 Å². The van der Waals surface area contributed by atoms with Gasteiger partial charge >= 0.3 is 5.97 Å². The summed E-state index contributed by atoms with van der Waals surface area (Å²) in [6.07, 6.45) is 3.50. The van der Waals surface area contributed by atoms with Crippen LogP contribution in [0.25, 0.3) is 0 Å². The fourth-order valence-electron chi connectivity index (χ4n) is 5.82. The molecule has 3 fully saturated rings. The standard InChI is InChI=1S/C22H34O4/c1-12(2)17-8-7-13(3)18-19(17)21-22(6,26-15(5)23)10-9-16(24)11-14(4)20(18)25-21/h12,14,17-21H,3,7-11H2,1-2,4-6H3. The highest BCUT2D eigenvalue weighted by Crippen LogP contribution is 2.55. The first kappa shape index (κ1) is 19.6. The zero-order valence-electron chi connectivity index (χ0n) is 16.9. The van der Waals surface area contributed by atoms with Crippen molar-refractivity contribution in [1.82, 2.24) is 0 Å². The van der Waals surface area contributed by atoms with Gasteiger partial charge in [0.15, 0.2) is 0 Å². The number of rotatable bonds is 2. The summed E-state index contributed by atoms with van der Waals surface area (Å²) in [7, 11) is 0. The molecular weight excluding hydrogens is 328 g/mol. The number of ketones is 1. The normalized spacial score (nSPS) is 43.5. The summed E-state index contributed by atoms with van der Waals surface area (Å²) < 4.78 is 12.5. The van der Waals surface area contributed by atoms with Gasteiger partial charge in [-0.2, -0.15) is 0 Å². The molecule has 3 rings (SSSR count). The Morgan fingerprint density at radius 2 is 2.04 bits per heavy atom. The van der Waals surface area contributed by atoms with E-state index >= 15 is 0 Å². The minimum absolute atomic E-state index is 0.00372. The van der Waals surface area contributed by atoms with Crippen LogP contribution >= 0.6 is 0 Å². The molecule has 2 heterocycles. The van der Waals surface area contributed by atoms with Crippen molar-refractivity contribution < 1.29 is 19.1 Å². The SMILES string of the molecule is C=C1CCC(C(C)C)C2C1C1OC2C(C)(OC(C)=O)CCC(=O)CC1C. The molecule has 3 aliphatic rings. The highest BCUT2D eigenvalue weighted by molar-refractivity contribution is 5.79. The van der Waals surface area contributed by atoms with Gasteiger partial charge in [-0.05, 0) is 43.9 Å². The molecule has 1 saturated carbocycles. The van der Waals surface area contributed by atoms with E-state index in [2.05, 4.69) is 27.4 Å². The van der Waals surface area contributed by atoms with Crippen LogP contribution in [0.15, 0.2) is 12.2 Å². The molecule has 4 nitrogen and oxygen atoms in total. The molecule has 0 aromatic heterocycles. The average molecular weight is 363 g/mol. The molecule has 0 radical (unpaired) electrons. The quantitative estimate of drug-likeness (QED) is 0.542. The number of hydrogen-bond donors (Lipinski definition) is 0. The van der Waals surface area contributed by atoms with E-state index in [9.17, 15) is 9.59 Å². The summed E-state index contributed by atoms with van der Waals surface area (Å²) in [6.45, 7) is 14.5. The summed E-state index contributed by atoms with van der Waals surface area (Å²) >= 11 is 0. The van der Waals surface area contributed by atoms with Crippen molar-refractivity contribution in [2.24, 2.45) is 29.6 Å². The molecule has 0 amide bonds. The van der Waals surface area contributed by atoms with Crippen LogP contribution in [0.3, 0.4) is 0 Å². The van der Waals surface area contributed by atoms with Crippen LogP contribution in [-0.4, -0.2) is 29.6 Å². The second-order valence-electron chi connectivity index (χ2n) is 9.36. The Bertz CT molecular complexity index is 595. The van der Waals surface area contributed by atoms with E-state index in [4.69, 9.17) is 9.47 Å². The number of carbonyl (C=O) groups is 2. The second-order valence-corrected chi connectivity index (χ2v) is 9.36. The van der Waals surface area contributed by atoms with Crippen LogP contribution in [0.5, 0.6) is 0 Å². The number of fused-ring (bicyclic) bond motifs is 5. The molecule has 1 aliphatic carbocycles. The molecule has 2 saturated heterocycles. The fourth-order valence-corrected chi connectivity index (χ4v) is 5.82. The first-order chi connectivity index (χ1) is 12.1. The van der Waals surface area contributed by atoms with E-state index in [0.717, 1.165) is 12.8 Å². The van der Waals surface area contributed by atoms with Crippen molar-refractivity contribution in [3.63, 3.8) is 0 Å². The molecule has 2 aliphatic heterocycles. The van der Waals surface area contributed by atoms with Crippen molar-refractivity contribution >= 4 is 11.8 Å². The maximum Gasteiger partial charge on any atom is 0.303 e. The van der Waals surface area contributed by atoms with Crippen molar-refractivity contribution in [2.75, 3.05) is 0 Å². The lowest BCUT2D eigenvalue weighted by Gasteiger charge is -2.45. The first-order valence-corrected chi connectivity index (χ1v) is 10.2. The summed E-state index contributed by atoms with van der Waals surface area (Å²) in [5.74, 6) is 1.75. The molecule has 26 heavy (non-hydrogen) atoms. The first-order valence-electron chi connectivity index (χ1n) is 10.2. The molecule has 0 spiro atoms. The topological polar surface area (TPSA) is 52.6 Å². The van der Waals surface area contributed by atoms with Crippen LogP contribution in [0.4, 0.5) is 0 Å². The molecule has 0 N–H and O–H groups in total. The monoisotopic (exact) mass is 362 g/mol. The van der Waals surface area contributed by atoms with Gasteiger partial charge in [-0.1, -0.05) is 32.9 Å². The van der Waals surface area contributed by atoms with E-state index in [1.54, 1.807) is 0 Å². The average Bonchev–Trinajstić information content (AvgIpc) is 2.95. The van der Waals surface area contributed by atoms with Crippen molar-refractivity contribution in [3.05, 3.63) is 12.2 Å². The Kier molecular flexibility index (Phi) is 5.35. The van der Waals surface area contributed by atoms with E-state index in [1.165, 1.54) is 12.5 Å². The summed E-state index contributed by atoms with van der Waals surface area (Å²) in [5.41, 5.74) is 0.498. The molecule has 146 valence electrons. The van der Waals surface area contributed by atoms with Gasteiger partial charge in [-0.25, -0.2) is 0 Å². The predicted molar refractivity (Wildman–Crippen MR) is 101 cm³/mol. The third-order valence-electron chi connectivity index (χ3n) is 7.03. The Labute approximate surface area is 157 Å². The maximum absolute atomic E-state index is 12.4. The zero-order valence-corrected chi connectivity index (χ0v) is 16.9. The molecule has 2 bridgehead atoms. The van der Waals surface area contributed by atoms with E-state index < -0.39 is 5.60 Å². The Morgan fingerprint density at radius 3 is 2.65 bits per heavy atom. The van der Waals surface area contributed by atoms with Crippen molar-refractivity contribution in [1.29, 1.82) is 0 Å². The number of carbonyl (C=O) groups excluding carboxylic acids is 2. The van der Waals surface area contributed by atoms with E-state index in [0.29, 0.717) is 37.0 Å². The Morgan fingerprint density at radius 1 is 1.35 bits per heavy atom. The minimum atomic E-state index is -0.756. The Balaban J connectivity index is 2.07. The zero-order chi connectivity index (χ0) is 19.2. The van der Waals surface area contributed by atoms with Crippen LogP contribution in [0, 0.1) is 29.6 Å². The largest absolute Gasteiger partial charge is 0.457 e. The summed E-state index contributed by atoms with van der Waals surface area (Å²) in [4.78, 5) is 24.3. The highest BCUT2D eigenvalue weighted by Gasteiger charge is 2.59. The van der Waals surface area contributed by atoms with Crippen LogP contribution in [0.2, 0.25) is 0 Å². The molecule has 7 unspecified atom stereocenters. The minimum Gasteiger partial charge on any atom is -0.457 e. The van der Waals surface area contributed by atoms with Crippen LogP contribution in [0.1, 0.15) is 66.7 Å². The third-order valence-corrected chi connectivity index (χ3v) is 7.03. The maximum atomic E-state index is 12.4. The van der Waals surface area contributed by atoms with E-state index in [-0.39, 0.29) is 35.8 Å². The van der Waals surface area contributed by atoms with Gasteiger partial charge in [0.1, 0.15) is 17.5 Å². The fraction of sp³-hybridized carbons (Fsp3) is 0.818. The highest BCUT2D eigenvalue weighted by atomic mass is 16.6. The number of ether oxygens (including phenoxy) is 2. The molecule has 4 heteroatoms. The van der Waals surface area contributed by atoms with Crippen LogP contribution < -0.4 is 0 Å². The van der Waals surface area contributed by atoms with Gasteiger partial charge in [-0.15, -0.1) is 0 Å². The van der Waals surface area contributed by atoms with Gasteiger partial charge in [0.25, 0.3) is 0 Å². The predicted octanol–water partition coefficient (Wildman–Crippen LogP) is 4.32. The van der Waals surface area contributed by atoms with Gasteiger partial charge in [0.2, 0.25) is 0 Å². The summed E-state index contributed by atoms with van der Waals surface area (Å²) in [6, 6.07) is 0. The van der Waals surface area contributed by atoms with Gasteiger partial charge in [0.05, 0.1) is 6.10 Å².